The molecule has 5 rings (SSSR count). The molecule has 10 heteroatoms. The summed E-state index contributed by atoms with van der Waals surface area (Å²) in [4.78, 5) is 11.3. The van der Waals surface area contributed by atoms with Crippen molar-refractivity contribution in [3.8, 4) is 11.5 Å². The zero-order chi connectivity index (χ0) is 20.7. The third kappa shape index (κ3) is 3.46. The Hall–Kier alpha value is -3.17. The number of fused-ring (bicyclic) bond motifs is 2. The van der Waals surface area contributed by atoms with Gasteiger partial charge in [0.25, 0.3) is 0 Å². The minimum atomic E-state index is -4.51. The highest BCUT2D eigenvalue weighted by molar-refractivity contribution is 5.92. The molecule has 0 atom stereocenters. The summed E-state index contributed by atoms with van der Waals surface area (Å²) in [6.45, 7) is 0.864. The predicted octanol–water partition coefficient (Wildman–Crippen LogP) is 4.85. The maximum absolute atomic E-state index is 13.5. The molecule has 2 aliphatic rings. The Morgan fingerprint density at radius 3 is 2.67 bits per heavy atom. The molecule has 0 unspecified atom stereocenters. The molecule has 158 valence electrons. The maximum atomic E-state index is 13.5. The number of H-pyrrole nitrogens is 1. The van der Waals surface area contributed by atoms with Gasteiger partial charge in [-0.25, -0.2) is 0 Å². The predicted molar refractivity (Wildman–Crippen MR) is 105 cm³/mol. The first-order valence-corrected chi connectivity index (χ1v) is 9.87. The molecule has 7 nitrogen and oxygen atoms in total. The van der Waals surface area contributed by atoms with Crippen molar-refractivity contribution >= 4 is 28.5 Å². The highest BCUT2D eigenvalue weighted by Gasteiger charge is 2.36. The Balaban J connectivity index is 1.56. The van der Waals surface area contributed by atoms with Gasteiger partial charge in [-0.05, 0) is 25.0 Å². The molecule has 1 fully saturated rings. The van der Waals surface area contributed by atoms with E-state index in [9.17, 15) is 13.2 Å². The second-order valence-electron chi connectivity index (χ2n) is 7.40. The van der Waals surface area contributed by atoms with E-state index in [4.69, 9.17) is 9.47 Å². The fraction of sp³-hybridized carbons (Fsp3) is 0.400. The molecule has 3 heterocycles. The van der Waals surface area contributed by atoms with Gasteiger partial charge in [-0.3, -0.25) is 0 Å². The number of aromatic amines is 1. The molecule has 0 amide bonds. The van der Waals surface area contributed by atoms with Crippen LogP contribution >= 0.6 is 0 Å². The fourth-order valence-electron chi connectivity index (χ4n) is 3.97. The summed E-state index contributed by atoms with van der Waals surface area (Å²) in [7, 11) is 0. The molecule has 3 aromatic rings. The standard InChI is InChI=1S/C20H20F3N5O2/c21-20(22,23)12-10-24-17-15(12)18(25-11-4-1-2-5-11)28-19(27-17)26-13-6-3-7-14-16(13)30-9-8-29-14/h3,6-7,10-11H,1-2,4-5,8-9H2,(H3,24,25,26,27,28). The zero-order valence-corrected chi connectivity index (χ0v) is 16.0. The van der Waals surface area contributed by atoms with E-state index in [1.807, 2.05) is 0 Å². The Morgan fingerprint density at radius 1 is 1.07 bits per heavy atom. The van der Waals surface area contributed by atoms with Crippen LogP contribution in [0.2, 0.25) is 0 Å². The summed E-state index contributed by atoms with van der Waals surface area (Å²) in [5, 5.41) is 6.23. The molecule has 0 radical (unpaired) electrons. The van der Waals surface area contributed by atoms with Crippen molar-refractivity contribution in [2.24, 2.45) is 0 Å². The number of para-hydroxylation sites is 1. The summed E-state index contributed by atoms with van der Waals surface area (Å²) >= 11 is 0. The lowest BCUT2D eigenvalue weighted by Gasteiger charge is -2.21. The molecule has 3 N–H and O–H groups in total. The van der Waals surface area contributed by atoms with Gasteiger partial charge in [-0.1, -0.05) is 18.9 Å². The van der Waals surface area contributed by atoms with Gasteiger partial charge < -0.3 is 25.1 Å². The number of rotatable bonds is 4. The second-order valence-corrected chi connectivity index (χ2v) is 7.40. The lowest BCUT2D eigenvalue weighted by molar-refractivity contribution is -0.136. The highest BCUT2D eigenvalue weighted by atomic mass is 19.4. The SMILES string of the molecule is FC(F)(F)c1c[nH]c2nc(Nc3cccc4c3OCCO4)nc(NC3CCCC3)c12. The lowest BCUT2D eigenvalue weighted by Crippen LogP contribution is -2.18. The van der Waals surface area contributed by atoms with Crippen LogP contribution in [0.15, 0.2) is 24.4 Å². The second kappa shape index (κ2) is 7.26. The van der Waals surface area contributed by atoms with Crippen molar-refractivity contribution in [3.63, 3.8) is 0 Å². The van der Waals surface area contributed by atoms with Gasteiger partial charge in [0.1, 0.15) is 24.7 Å². The van der Waals surface area contributed by atoms with Crippen molar-refractivity contribution in [2.75, 3.05) is 23.8 Å². The largest absolute Gasteiger partial charge is 0.486 e. The molecule has 1 aliphatic heterocycles. The molecule has 0 bridgehead atoms. The average molecular weight is 419 g/mol. The number of alkyl halides is 3. The summed E-state index contributed by atoms with van der Waals surface area (Å²) in [6, 6.07) is 5.45. The Morgan fingerprint density at radius 2 is 1.87 bits per heavy atom. The van der Waals surface area contributed by atoms with Crippen LogP contribution in [0.4, 0.5) is 30.6 Å². The van der Waals surface area contributed by atoms with E-state index in [1.165, 1.54) is 0 Å². The van der Waals surface area contributed by atoms with Gasteiger partial charge in [0.15, 0.2) is 11.5 Å². The molecule has 0 saturated heterocycles. The van der Waals surface area contributed by atoms with E-state index in [0.717, 1.165) is 31.9 Å². The van der Waals surface area contributed by atoms with Crippen LogP contribution in [0.5, 0.6) is 11.5 Å². The van der Waals surface area contributed by atoms with Gasteiger partial charge in [0.05, 0.1) is 16.6 Å². The van der Waals surface area contributed by atoms with Crippen LogP contribution in [0.1, 0.15) is 31.2 Å². The van der Waals surface area contributed by atoms with Crippen molar-refractivity contribution < 1.29 is 22.6 Å². The van der Waals surface area contributed by atoms with Crippen molar-refractivity contribution in [1.82, 2.24) is 15.0 Å². The molecular formula is C20H20F3N5O2. The number of nitrogens with one attached hydrogen (secondary N) is 3. The van der Waals surface area contributed by atoms with E-state index < -0.39 is 11.7 Å². The molecule has 1 aliphatic carbocycles. The Kier molecular flexibility index (Phi) is 4.56. The monoisotopic (exact) mass is 419 g/mol. The van der Waals surface area contributed by atoms with Crippen molar-refractivity contribution in [3.05, 3.63) is 30.0 Å². The number of hydrogen-bond donors (Lipinski definition) is 3. The molecular weight excluding hydrogens is 399 g/mol. The normalized spacial score (nSPS) is 16.8. The number of ether oxygens (including phenoxy) is 2. The van der Waals surface area contributed by atoms with Gasteiger partial charge in [-0.15, -0.1) is 0 Å². The van der Waals surface area contributed by atoms with E-state index >= 15 is 0 Å². The van der Waals surface area contributed by atoms with Crippen LogP contribution in [0.3, 0.4) is 0 Å². The summed E-state index contributed by atoms with van der Waals surface area (Å²) in [5.41, 5.74) is -0.0818. The first-order valence-electron chi connectivity index (χ1n) is 9.87. The number of hydrogen-bond acceptors (Lipinski definition) is 6. The molecule has 30 heavy (non-hydrogen) atoms. The van der Waals surface area contributed by atoms with Crippen LogP contribution in [0.25, 0.3) is 11.0 Å². The zero-order valence-electron chi connectivity index (χ0n) is 16.0. The number of aromatic nitrogens is 3. The lowest BCUT2D eigenvalue weighted by atomic mass is 10.2. The van der Waals surface area contributed by atoms with Crippen molar-refractivity contribution in [1.29, 1.82) is 0 Å². The van der Waals surface area contributed by atoms with Gasteiger partial charge in [0.2, 0.25) is 5.95 Å². The minimum absolute atomic E-state index is 0.0466. The van der Waals surface area contributed by atoms with E-state index in [-0.39, 0.29) is 28.8 Å². The number of nitrogens with zero attached hydrogens (tertiary/aromatic N) is 2. The quantitative estimate of drug-likeness (QED) is 0.561. The summed E-state index contributed by atoms with van der Waals surface area (Å²) in [5.74, 6) is 1.46. The van der Waals surface area contributed by atoms with Crippen LogP contribution < -0.4 is 20.1 Å². The van der Waals surface area contributed by atoms with Crippen molar-refractivity contribution in [2.45, 2.75) is 37.9 Å². The highest BCUT2D eigenvalue weighted by Crippen LogP contribution is 2.41. The van der Waals surface area contributed by atoms with E-state index in [1.54, 1.807) is 18.2 Å². The summed E-state index contributed by atoms with van der Waals surface area (Å²) in [6.07, 6.45) is 0.318. The van der Waals surface area contributed by atoms with E-state index in [0.29, 0.717) is 30.4 Å². The van der Waals surface area contributed by atoms with Crippen LogP contribution in [-0.4, -0.2) is 34.2 Å². The third-order valence-electron chi connectivity index (χ3n) is 5.35. The Labute approximate surface area is 170 Å². The van der Waals surface area contributed by atoms with Gasteiger partial charge in [-0.2, -0.15) is 23.1 Å². The Bertz CT molecular complexity index is 1080. The number of benzene rings is 1. The molecule has 1 saturated carbocycles. The van der Waals surface area contributed by atoms with Crippen LogP contribution in [-0.2, 0) is 6.18 Å². The van der Waals surface area contributed by atoms with Gasteiger partial charge >= 0.3 is 6.18 Å². The maximum Gasteiger partial charge on any atom is 0.418 e. The first kappa shape index (κ1) is 18.8. The minimum Gasteiger partial charge on any atom is -0.486 e. The third-order valence-corrected chi connectivity index (χ3v) is 5.35. The first-order chi connectivity index (χ1) is 14.5. The van der Waals surface area contributed by atoms with Crippen LogP contribution in [0, 0.1) is 0 Å². The number of anilines is 3. The van der Waals surface area contributed by atoms with Gasteiger partial charge in [0, 0.05) is 12.2 Å². The fourth-order valence-corrected chi connectivity index (χ4v) is 3.97. The smallest absolute Gasteiger partial charge is 0.418 e. The molecule has 0 spiro atoms. The molecule has 2 aromatic heterocycles. The summed E-state index contributed by atoms with van der Waals surface area (Å²) < 4.78 is 51.9. The van der Waals surface area contributed by atoms with E-state index in [2.05, 4.69) is 25.6 Å². The average Bonchev–Trinajstić information content (AvgIpc) is 3.38. The topological polar surface area (TPSA) is 84.1 Å². The number of halogens is 3. The molecule has 1 aromatic carbocycles.